The van der Waals surface area contributed by atoms with Crippen molar-refractivity contribution in [3.05, 3.63) is 76.1 Å². The van der Waals surface area contributed by atoms with Gasteiger partial charge in [-0.2, -0.15) is 0 Å². The van der Waals surface area contributed by atoms with Gasteiger partial charge in [0.2, 0.25) is 12.8 Å². The fourth-order valence-corrected chi connectivity index (χ4v) is 8.78. The van der Waals surface area contributed by atoms with E-state index in [-0.39, 0.29) is 12.0 Å². The number of benzene rings is 2. The summed E-state index contributed by atoms with van der Waals surface area (Å²) in [4.78, 5) is 55.8. The van der Waals surface area contributed by atoms with E-state index in [2.05, 4.69) is 23.2 Å². The van der Waals surface area contributed by atoms with E-state index in [0.29, 0.717) is 48.6 Å². The molecule has 2 unspecified atom stereocenters. The van der Waals surface area contributed by atoms with Gasteiger partial charge in [0.25, 0.3) is 0 Å². The van der Waals surface area contributed by atoms with E-state index in [1.807, 2.05) is 43.3 Å². The molecule has 11 heteroatoms. The maximum absolute atomic E-state index is 14.2. The van der Waals surface area contributed by atoms with Crippen molar-refractivity contribution in [3.8, 4) is 5.75 Å². The zero-order valence-electron chi connectivity index (χ0n) is 36.1. The Morgan fingerprint density at radius 1 is 0.845 bits per heavy atom. The summed E-state index contributed by atoms with van der Waals surface area (Å²) in [5, 5.41) is 5.98. The Hall–Kier alpha value is -4.38. The lowest BCUT2D eigenvalue weighted by molar-refractivity contribution is -0.133. The molecular weight excluding hydrogens is 731 g/mol. The van der Waals surface area contributed by atoms with Crippen LogP contribution in [0.15, 0.2) is 53.9 Å². The normalized spacial score (nSPS) is 17.2. The van der Waals surface area contributed by atoms with Crippen LogP contribution in [0.5, 0.6) is 5.75 Å². The number of carbonyl (C=O) groups excluding carboxylic acids is 4. The second-order valence-corrected chi connectivity index (χ2v) is 15.9. The Morgan fingerprint density at radius 2 is 1.50 bits per heavy atom. The van der Waals surface area contributed by atoms with Crippen molar-refractivity contribution in [3.63, 3.8) is 0 Å². The summed E-state index contributed by atoms with van der Waals surface area (Å²) in [5.74, 6) is 0.258. The van der Waals surface area contributed by atoms with Crippen molar-refractivity contribution < 1.29 is 28.7 Å². The average molecular weight is 802 g/mol. The first-order valence-electron chi connectivity index (χ1n) is 22.1. The summed E-state index contributed by atoms with van der Waals surface area (Å²) < 4.78 is 10.9. The molecule has 1 saturated heterocycles. The molecule has 2 atom stereocenters. The van der Waals surface area contributed by atoms with Gasteiger partial charge in [0.1, 0.15) is 11.8 Å². The molecule has 4 rings (SSSR count). The molecule has 0 spiro atoms. The Bertz CT molecular complexity index is 1610. The fourth-order valence-electron chi connectivity index (χ4n) is 8.78. The van der Waals surface area contributed by atoms with Gasteiger partial charge in [0.15, 0.2) is 0 Å². The van der Waals surface area contributed by atoms with Gasteiger partial charge in [-0.3, -0.25) is 19.5 Å². The largest absolute Gasteiger partial charge is 0.496 e. The molecule has 0 bridgehead atoms. The number of nitrogens with one attached hydrogen (secondary N) is 1. The third kappa shape index (κ3) is 12.8. The van der Waals surface area contributed by atoms with Crippen molar-refractivity contribution >= 4 is 24.8 Å². The molecular formula is C47H71N5O6. The van der Waals surface area contributed by atoms with E-state index >= 15 is 0 Å². The minimum atomic E-state index is -0.770. The fraction of sp³-hybridized carbons (Fsp3) is 0.617. The minimum absolute atomic E-state index is 0.181. The third-order valence-electron chi connectivity index (χ3n) is 11.9. The number of amides is 4. The van der Waals surface area contributed by atoms with Crippen LogP contribution in [-0.4, -0.2) is 85.5 Å². The summed E-state index contributed by atoms with van der Waals surface area (Å²) in [6, 6.07) is 12.6. The Morgan fingerprint density at radius 3 is 2.09 bits per heavy atom. The SMILES string of the molecule is CCCCCCCCCCCCCCCc1cccc(OC)c1C1C(N(C)C=O)=C(CC)NC(=O)N1N(C=O)CCCN1CCCCC1c1ccc(C(=O)OC)cc1. The molecule has 0 aromatic heterocycles. The monoisotopic (exact) mass is 802 g/mol. The number of methoxy groups -OCH3 is 2. The molecule has 2 aromatic rings. The molecule has 11 nitrogen and oxygen atoms in total. The summed E-state index contributed by atoms with van der Waals surface area (Å²) in [7, 11) is 4.71. The van der Waals surface area contributed by atoms with Gasteiger partial charge in [-0.1, -0.05) is 122 Å². The van der Waals surface area contributed by atoms with Crippen LogP contribution in [-0.2, 0) is 20.7 Å². The number of hydrogen-bond acceptors (Lipinski definition) is 7. The van der Waals surface area contributed by atoms with Gasteiger partial charge in [0.05, 0.1) is 25.5 Å². The molecule has 1 N–H and O–H groups in total. The number of hydrazine groups is 1. The van der Waals surface area contributed by atoms with Crippen LogP contribution in [0, 0.1) is 0 Å². The van der Waals surface area contributed by atoms with Gasteiger partial charge in [-0.05, 0) is 74.4 Å². The van der Waals surface area contributed by atoms with Crippen molar-refractivity contribution in [2.24, 2.45) is 0 Å². The van der Waals surface area contributed by atoms with E-state index in [9.17, 15) is 19.2 Å². The summed E-state index contributed by atoms with van der Waals surface area (Å²) in [5.41, 5.74) is 4.75. The van der Waals surface area contributed by atoms with Gasteiger partial charge >= 0.3 is 12.0 Å². The van der Waals surface area contributed by atoms with Crippen molar-refractivity contribution in [2.75, 3.05) is 40.9 Å². The number of rotatable bonds is 27. The maximum Gasteiger partial charge on any atom is 0.341 e. The number of nitrogens with zero attached hydrogens (tertiary/aromatic N) is 4. The topological polar surface area (TPSA) is 112 Å². The molecule has 4 amide bonds. The number of unbranched alkanes of at least 4 members (excludes halogenated alkanes) is 12. The van der Waals surface area contributed by atoms with Gasteiger partial charge in [0, 0.05) is 37.4 Å². The molecule has 2 aliphatic rings. The van der Waals surface area contributed by atoms with Crippen molar-refractivity contribution in [1.82, 2.24) is 25.1 Å². The van der Waals surface area contributed by atoms with Crippen LogP contribution in [0.4, 0.5) is 4.79 Å². The van der Waals surface area contributed by atoms with E-state index in [0.717, 1.165) is 74.6 Å². The number of ether oxygens (including phenoxy) is 2. The second-order valence-electron chi connectivity index (χ2n) is 15.9. The summed E-state index contributed by atoms with van der Waals surface area (Å²) in [6.07, 6.45) is 23.1. The number of likely N-dealkylation sites (tertiary alicyclic amines) is 1. The lowest BCUT2D eigenvalue weighted by atomic mass is 9.90. The summed E-state index contributed by atoms with van der Waals surface area (Å²) in [6.45, 7) is 6.13. The molecule has 0 saturated carbocycles. The van der Waals surface area contributed by atoms with E-state index in [4.69, 9.17) is 9.47 Å². The van der Waals surface area contributed by atoms with Crippen LogP contribution >= 0.6 is 0 Å². The number of piperidine rings is 1. The van der Waals surface area contributed by atoms with Gasteiger partial charge in [-0.25, -0.2) is 14.6 Å². The number of hydrogen-bond donors (Lipinski definition) is 1. The second kappa shape index (κ2) is 25.2. The highest BCUT2D eigenvalue weighted by atomic mass is 16.5. The van der Waals surface area contributed by atoms with Gasteiger partial charge in [-0.15, -0.1) is 0 Å². The lowest BCUT2D eigenvalue weighted by Gasteiger charge is -2.45. The Balaban J connectivity index is 1.50. The lowest BCUT2D eigenvalue weighted by Crippen LogP contribution is -2.57. The van der Waals surface area contributed by atoms with Crippen molar-refractivity contribution in [2.45, 2.75) is 148 Å². The van der Waals surface area contributed by atoms with E-state index < -0.39 is 12.1 Å². The highest BCUT2D eigenvalue weighted by Gasteiger charge is 2.42. The maximum atomic E-state index is 14.2. The molecule has 2 aliphatic heterocycles. The zero-order chi connectivity index (χ0) is 41.7. The molecule has 320 valence electrons. The third-order valence-corrected chi connectivity index (χ3v) is 11.9. The van der Waals surface area contributed by atoms with Crippen LogP contribution in [0.2, 0.25) is 0 Å². The summed E-state index contributed by atoms with van der Waals surface area (Å²) >= 11 is 0. The molecule has 1 fully saturated rings. The van der Waals surface area contributed by atoms with Crippen molar-refractivity contribution in [1.29, 1.82) is 0 Å². The average Bonchev–Trinajstić information content (AvgIpc) is 3.26. The number of allylic oxidation sites excluding steroid dienone is 1. The molecule has 2 aromatic carbocycles. The number of carbonyl (C=O) groups is 4. The van der Waals surface area contributed by atoms with E-state index in [1.165, 1.54) is 92.7 Å². The molecule has 58 heavy (non-hydrogen) atoms. The van der Waals surface area contributed by atoms with Gasteiger partial charge < -0.3 is 19.7 Å². The van der Waals surface area contributed by atoms with Crippen LogP contribution in [0.1, 0.15) is 169 Å². The predicted octanol–water partition coefficient (Wildman–Crippen LogP) is 9.88. The highest BCUT2D eigenvalue weighted by molar-refractivity contribution is 5.89. The number of likely N-dealkylation sites (N-methyl/N-ethyl adjacent to an activating group) is 1. The molecule has 2 heterocycles. The molecule has 0 radical (unpaired) electrons. The molecule has 0 aliphatic carbocycles. The van der Waals surface area contributed by atoms with Crippen LogP contribution in [0.25, 0.3) is 0 Å². The highest BCUT2D eigenvalue weighted by Crippen LogP contribution is 2.43. The van der Waals surface area contributed by atoms with Crippen LogP contribution in [0.3, 0.4) is 0 Å². The minimum Gasteiger partial charge on any atom is -0.496 e. The number of urea groups is 1. The smallest absolute Gasteiger partial charge is 0.341 e. The number of esters is 1. The zero-order valence-corrected chi connectivity index (χ0v) is 36.1. The first kappa shape index (κ1) is 46.3. The quantitative estimate of drug-likeness (QED) is 0.0544. The number of aryl methyl sites for hydroxylation is 1. The van der Waals surface area contributed by atoms with E-state index in [1.54, 1.807) is 14.2 Å². The first-order chi connectivity index (χ1) is 28.3. The standard InChI is InChI=1S/C47H71N5O6/c1-6-8-9-10-11-12-13-14-15-16-17-18-19-24-38-25-22-27-42(57-4)43(38)45-44(49(3)35-53)40(7-2)48-47(56)52(45)51(36-54)34-23-33-50-32-21-20-26-41(50)37-28-30-39(31-29-37)46(55)58-5/h22,25,27-31,35-36,41,45H,6-21,23-24,26,32-34H2,1-5H3,(H,48,56). The van der Waals surface area contributed by atoms with Crippen LogP contribution < -0.4 is 10.1 Å². The Kier molecular flexibility index (Phi) is 20.1. The first-order valence-corrected chi connectivity index (χ1v) is 22.1. The predicted molar refractivity (Wildman–Crippen MR) is 230 cm³/mol. The Labute approximate surface area is 348 Å².